The van der Waals surface area contributed by atoms with E-state index >= 15 is 0 Å². The Bertz CT molecular complexity index is 608. The molecule has 0 spiro atoms. The fourth-order valence-corrected chi connectivity index (χ4v) is 2.05. The normalized spacial score (nSPS) is 10.6. The predicted octanol–water partition coefficient (Wildman–Crippen LogP) is 3.24. The van der Waals surface area contributed by atoms with Gasteiger partial charge in [-0.15, -0.1) is 0 Å². The van der Waals surface area contributed by atoms with Crippen molar-refractivity contribution in [2.24, 2.45) is 0 Å². The lowest BCUT2D eigenvalue weighted by Gasteiger charge is -2.10. The molecule has 0 atom stereocenters. The van der Waals surface area contributed by atoms with Gasteiger partial charge >= 0.3 is 5.97 Å². The summed E-state index contributed by atoms with van der Waals surface area (Å²) in [6.07, 6.45) is 1.33. The number of aromatic carboxylic acids is 1. The molecule has 94 valence electrons. The minimum atomic E-state index is -1.02. The summed E-state index contributed by atoms with van der Waals surface area (Å²) in [5, 5.41) is 10.2. The zero-order valence-electron chi connectivity index (χ0n) is 9.52. The third-order valence-corrected chi connectivity index (χ3v) is 3.21. The second-order valence-corrected chi connectivity index (χ2v) is 4.66. The Labute approximate surface area is 114 Å². The van der Waals surface area contributed by atoms with E-state index in [4.69, 9.17) is 28.3 Å². The molecule has 0 amide bonds. The van der Waals surface area contributed by atoms with Gasteiger partial charge < -0.3 is 9.67 Å². The number of hydrogen-bond donors (Lipinski definition) is 1. The van der Waals surface area contributed by atoms with E-state index in [1.165, 1.54) is 6.20 Å². The molecule has 0 aliphatic carbocycles. The van der Waals surface area contributed by atoms with Crippen molar-refractivity contribution < 1.29 is 9.90 Å². The molecule has 2 rings (SSSR count). The van der Waals surface area contributed by atoms with Gasteiger partial charge in [0.25, 0.3) is 0 Å². The fraction of sp³-hybridized carbons (Fsp3) is 0.167. The number of carboxylic acid groups (broad SMARTS) is 1. The summed E-state index contributed by atoms with van der Waals surface area (Å²) in [5.41, 5.74) is 0.885. The van der Waals surface area contributed by atoms with E-state index < -0.39 is 5.97 Å². The van der Waals surface area contributed by atoms with Crippen LogP contribution in [0.15, 0.2) is 24.4 Å². The summed E-state index contributed by atoms with van der Waals surface area (Å²) in [6.45, 7) is 2.07. The highest BCUT2D eigenvalue weighted by molar-refractivity contribution is 6.33. The van der Waals surface area contributed by atoms with Gasteiger partial charge in [0, 0.05) is 10.0 Å². The molecule has 0 fully saturated rings. The molecule has 0 aliphatic heterocycles. The molecule has 0 bridgehead atoms. The van der Waals surface area contributed by atoms with Crippen LogP contribution in [0.3, 0.4) is 0 Å². The first kappa shape index (κ1) is 12.9. The van der Waals surface area contributed by atoms with Crippen LogP contribution < -0.4 is 0 Å². The van der Waals surface area contributed by atoms with E-state index in [1.54, 1.807) is 29.7 Å². The fourth-order valence-electron chi connectivity index (χ4n) is 1.67. The van der Waals surface area contributed by atoms with Gasteiger partial charge in [0.05, 0.1) is 12.7 Å². The lowest BCUT2D eigenvalue weighted by molar-refractivity contribution is 0.0685. The van der Waals surface area contributed by atoms with Crippen molar-refractivity contribution in [3.63, 3.8) is 0 Å². The van der Waals surface area contributed by atoms with E-state index in [1.807, 2.05) is 0 Å². The number of rotatable bonds is 3. The second kappa shape index (κ2) is 5.00. The number of benzene rings is 1. The predicted molar refractivity (Wildman–Crippen MR) is 69.5 cm³/mol. The highest BCUT2D eigenvalue weighted by Gasteiger charge is 2.14. The number of carboxylic acids is 1. The van der Waals surface area contributed by atoms with Crippen LogP contribution in [0.4, 0.5) is 0 Å². The molecular weight excluding hydrogens is 275 g/mol. The molecule has 6 heteroatoms. The molecule has 0 saturated carbocycles. The molecule has 1 heterocycles. The summed E-state index contributed by atoms with van der Waals surface area (Å²) >= 11 is 12.0. The van der Waals surface area contributed by atoms with Crippen LogP contribution >= 0.6 is 23.2 Å². The third-order valence-electron chi connectivity index (χ3n) is 2.61. The highest BCUT2D eigenvalue weighted by Crippen LogP contribution is 2.22. The highest BCUT2D eigenvalue weighted by atomic mass is 35.5. The Morgan fingerprint density at radius 2 is 2.17 bits per heavy atom. The maximum absolute atomic E-state index is 11.1. The summed E-state index contributed by atoms with van der Waals surface area (Å²) in [5.74, 6) is -0.405. The molecule has 0 radical (unpaired) electrons. The van der Waals surface area contributed by atoms with Crippen LogP contribution in [-0.2, 0) is 6.54 Å². The summed E-state index contributed by atoms with van der Waals surface area (Å²) < 4.78 is 1.58. The summed E-state index contributed by atoms with van der Waals surface area (Å²) in [6, 6.07) is 5.09. The van der Waals surface area contributed by atoms with Gasteiger partial charge in [0.2, 0.25) is 0 Å². The van der Waals surface area contributed by atoms with E-state index in [0.29, 0.717) is 22.4 Å². The molecule has 4 nitrogen and oxygen atoms in total. The van der Waals surface area contributed by atoms with E-state index in [0.717, 1.165) is 5.56 Å². The third kappa shape index (κ3) is 2.49. The standard InChI is InChI=1S/C12H10Cl2N2O2/c1-7-15-5-11(12(17)18)16(7)6-8-4-9(13)2-3-10(8)14/h2-5H,6H2,1H3,(H,17,18). The molecule has 1 aromatic heterocycles. The minimum Gasteiger partial charge on any atom is -0.477 e. The van der Waals surface area contributed by atoms with E-state index in [2.05, 4.69) is 4.98 Å². The van der Waals surface area contributed by atoms with Crippen molar-refractivity contribution in [1.82, 2.24) is 9.55 Å². The average molecular weight is 285 g/mol. The van der Waals surface area contributed by atoms with E-state index in [-0.39, 0.29) is 5.69 Å². The van der Waals surface area contributed by atoms with Crippen LogP contribution in [0.5, 0.6) is 0 Å². The molecule has 0 aliphatic rings. The lowest BCUT2D eigenvalue weighted by Crippen LogP contribution is -2.11. The quantitative estimate of drug-likeness (QED) is 0.941. The van der Waals surface area contributed by atoms with Gasteiger partial charge in [-0.2, -0.15) is 0 Å². The zero-order valence-corrected chi connectivity index (χ0v) is 11.0. The first-order valence-corrected chi connectivity index (χ1v) is 5.94. The smallest absolute Gasteiger partial charge is 0.354 e. The summed E-state index contributed by atoms with van der Waals surface area (Å²) in [4.78, 5) is 15.0. The Morgan fingerprint density at radius 3 is 2.83 bits per heavy atom. The average Bonchev–Trinajstić information content (AvgIpc) is 2.66. The van der Waals surface area contributed by atoms with Crippen molar-refractivity contribution in [3.05, 3.63) is 51.5 Å². The molecular formula is C12H10Cl2N2O2. The number of halogens is 2. The maximum atomic E-state index is 11.1. The SMILES string of the molecule is Cc1ncc(C(=O)O)n1Cc1cc(Cl)ccc1Cl. The van der Waals surface area contributed by atoms with Gasteiger partial charge in [-0.3, -0.25) is 0 Å². The lowest BCUT2D eigenvalue weighted by atomic mass is 10.2. The number of aromatic nitrogens is 2. The second-order valence-electron chi connectivity index (χ2n) is 3.82. The van der Waals surface area contributed by atoms with Crippen LogP contribution in [0, 0.1) is 6.92 Å². The molecule has 18 heavy (non-hydrogen) atoms. The monoisotopic (exact) mass is 284 g/mol. The Kier molecular flexibility index (Phi) is 3.59. The van der Waals surface area contributed by atoms with E-state index in [9.17, 15) is 4.79 Å². The number of hydrogen-bond acceptors (Lipinski definition) is 2. The van der Waals surface area contributed by atoms with Crippen LogP contribution in [0.25, 0.3) is 0 Å². The van der Waals surface area contributed by atoms with Crippen molar-refractivity contribution in [2.45, 2.75) is 13.5 Å². The largest absolute Gasteiger partial charge is 0.477 e. The maximum Gasteiger partial charge on any atom is 0.354 e. The molecule has 1 aromatic carbocycles. The molecule has 1 N–H and O–H groups in total. The summed E-state index contributed by atoms with van der Waals surface area (Å²) in [7, 11) is 0. The van der Waals surface area contributed by atoms with Gasteiger partial charge in [0.1, 0.15) is 11.5 Å². The number of carbonyl (C=O) groups is 1. The van der Waals surface area contributed by atoms with Gasteiger partial charge in [-0.25, -0.2) is 9.78 Å². The Balaban J connectivity index is 2.42. The Hall–Kier alpha value is -1.52. The van der Waals surface area contributed by atoms with Crippen molar-refractivity contribution in [1.29, 1.82) is 0 Å². The molecule has 2 aromatic rings. The van der Waals surface area contributed by atoms with Crippen LogP contribution in [0.1, 0.15) is 21.9 Å². The molecule has 0 saturated heterocycles. The number of imidazole rings is 1. The van der Waals surface area contributed by atoms with Gasteiger partial charge in [0.15, 0.2) is 0 Å². The van der Waals surface area contributed by atoms with Crippen molar-refractivity contribution in [3.8, 4) is 0 Å². The topological polar surface area (TPSA) is 55.1 Å². The van der Waals surface area contributed by atoms with Crippen molar-refractivity contribution in [2.75, 3.05) is 0 Å². The number of nitrogens with zero attached hydrogens (tertiary/aromatic N) is 2. The van der Waals surface area contributed by atoms with Gasteiger partial charge in [-0.05, 0) is 30.7 Å². The first-order valence-electron chi connectivity index (χ1n) is 5.18. The zero-order chi connectivity index (χ0) is 13.3. The first-order chi connectivity index (χ1) is 8.49. The number of aryl methyl sites for hydroxylation is 1. The van der Waals surface area contributed by atoms with Gasteiger partial charge in [-0.1, -0.05) is 23.2 Å². The van der Waals surface area contributed by atoms with Crippen LogP contribution in [0.2, 0.25) is 10.0 Å². The Morgan fingerprint density at radius 1 is 1.44 bits per heavy atom. The van der Waals surface area contributed by atoms with Crippen molar-refractivity contribution >= 4 is 29.2 Å². The van der Waals surface area contributed by atoms with Crippen LogP contribution in [-0.4, -0.2) is 20.6 Å². The molecule has 0 unspecified atom stereocenters. The minimum absolute atomic E-state index is 0.128.